The van der Waals surface area contributed by atoms with Gasteiger partial charge < -0.3 is 10.2 Å². The van der Waals surface area contributed by atoms with Crippen LogP contribution in [0, 0.1) is 20.8 Å². The first kappa shape index (κ1) is 22.2. The standard InChI is InChI=1S/C23H29N3O3S/c1-16-5-4-6-17(2)23(16)24-21(28)15-25-11-13-26(14-12-25)22(29)10-8-19(27)20-9-7-18(3)30-20/h4-7,9H,8,10-15H2,1-3H3,(H,24,28). The number of benzene rings is 1. The van der Waals surface area contributed by atoms with E-state index in [9.17, 15) is 14.4 Å². The summed E-state index contributed by atoms with van der Waals surface area (Å²) in [6.45, 7) is 8.73. The van der Waals surface area contributed by atoms with Crippen molar-refractivity contribution in [2.24, 2.45) is 0 Å². The number of Topliss-reactive ketones (excluding diaryl/α,β-unsaturated/α-hetero) is 1. The normalized spacial score (nSPS) is 14.6. The Bertz CT molecular complexity index is 909. The summed E-state index contributed by atoms with van der Waals surface area (Å²) >= 11 is 1.47. The van der Waals surface area contributed by atoms with Crippen LogP contribution < -0.4 is 5.32 Å². The van der Waals surface area contributed by atoms with Crippen molar-refractivity contribution in [2.75, 3.05) is 38.0 Å². The molecule has 1 aromatic heterocycles. The summed E-state index contributed by atoms with van der Waals surface area (Å²) in [4.78, 5) is 42.8. The number of piperazine rings is 1. The Morgan fingerprint density at radius 2 is 1.60 bits per heavy atom. The molecule has 1 fully saturated rings. The second-order valence-corrected chi connectivity index (χ2v) is 9.09. The quantitative estimate of drug-likeness (QED) is 0.688. The predicted octanol–water partition coefficient (Wildman–Crippen LogP) is 3.42. The van der Waals surface area contributed by atoms with Gasteiger partial charge in [-0.15, -0.1) is 11.3 Å². The van der Waals surface area contributed by atoms with Gasteiger partial charge in [-0.2, -0.15) is 0 Å². The molecule has 30 heavy (non-hydrogen) atoms. The molecular formula is C23H29N3O3S. The molecule has 0 saturated carbocycles. The van der Waals surface area contributed by atoms with Crippen molar-refractivity contribution in [1.29, 1.82) is 0 Å². The van der Waals surface area contributed by atoms with Crippen LogP contribution in [-0.4, -0.2) is 60.1 Å². The van der Waals surface area contributed by atoms with Crippen LogP contribution in [0.25, 0.3) is 0 Å². The molecule has 1 N–H and O–H groups in total. The van der Waals surface area contributed by atoms with E-state index in [4.69, 9.17) is 0 Å². The van der Waals surface area contributed by atoms with Crippen molar-refractivity contribution in [2.45, 2.75) is 33.6 Å². The number of aryl methyl sites for hydroxylation is 3. The van der Waals surface area contributed by atoms with Crippen molar-refractivity contribution >= 4 is 34.6 Å². The van der Waals surface area contributed by atoms with Gasteiger partial charge in [0.15, 0.2) is 5.78 Å². The minimum absolute atomic E-state index is 0.0104. The van der Waals surface area contributed by atoms with Crippen LogP contribution in [0.2, 0.25) is 0 Å². The van der Waals surface area contributed by atoms with Gasteiger partial charge in [-0.3, -0.25) is 19.3 Å². The number of carbonyl (C=O) groups excluding carboxylic acids is 3. The van der Waals surface area contributed by atoms with E-state index >= 15 is 0 Å². The summed E-state index contributed by atoms with van der Waals surface area (Å²) in [7, 11) is 0. The molecule has 0 unspecified atom stereocenters. The number of rotatable bonds is 7. The molecule has 7 heteroatoms. The van der Waals surface area contributed by atoms with E-state index in [1.54, 1.807) is 4.90 Å². The van der Waals surface area contributed by atoms with E-state index in [0.717, 1.165) is 26.6 Å². The van der Waals surface area contributed by atoms with E-state index in [1.165, 1.54) is 11.3 Å². The van der Waals surface area contributed by atoms with E-state index in [2.05, 4.69) is 10.2 Å². The summed E-state index contributed by atoms with van der Waals surface area (Å²) in [6, 6.07) is 9.70. The smallest absolute Gasteiger partial charge is 0.238 e. The lowest BCUT2D eigenvalue weighted by atomic mass is 10.1. The molecular weight excluding hydrogens is 398 g/mol. The molecule has 1 aliphatic heterocycles. The fraction of sp³-hybridized carbons (Fsp3) is 0.435. The average Bonchev–Trinajstić information content (AvgIpc) is 3.16. The van der Waals surface area contributed by atoms with Crippen LogP contribution in [0.4, 0.5) is 5.69 Å². The van der Waals surface area contributed by atoms with E-state index < -0.39 is 0 Å². The number of hydrogen-bond donors (Lipinski definition) is 1. The summed E-state index contributed by atoms with van der Waals surface area (Å²) in [5.74, 6) is 0.00327. The summed E-state index contributed by atoms with van der Waals surface area (Å²) < 4.78 is 0. The van der Waals surface area contributed by atoms with Gasteiger partial charge in [0.05, 0.1) is 11.4 Å². The van der Waals surface area contributed by atoms with Crippen molar-refractivity contribution in [1.82, 2.24) is 9.80 Å². The maximum atomic E-state index is 12.5. The minimum atomic E-state index is -0.0379. The monoisotopic (exact) mass is 427 g/mol. The maximum Gasteiger partial charge on any atom is 0.238 e. The largest absolute Gasteiger partial charge is 0.340 e. The van der Waals surface area contributed by atoms with Gasteiger partial charge in [0, 0.05) is 49.6 Å². The van der Waals surface area contributed by atoms with Crippen LogP contribution >= 0.6 is 11.3 Å². The molecule has 6 nitrogen and oxygen atoms in total. The van der Waals surface area contributed by atoms with Crippen LogP contribution in [0.1, 0.15) is 38.5 Å². The second kappa shape index (κ2) is 10.00. The highest BCUT2D eigenvalue weighted by atomic mass is 32.1. The number of carbonyl (C=O) groups is 3. The zero-order chi connectivity index (χ0) is 21.7. The van der Waals surface area contributed by atoms with E-state index in [0.29, 0.717) is 32.7 Å². The second-order valence-electron chi connectivity index (χ2n) is 7.81. The predicted molar refractivity (Wildman–Crippen MR) is 120 cm³/mol. The molecule has 2 heterocycles. The molecule has 160 valence electrons. The Labute approximate surface area is 181 Å². The van der Waals surface area contributed by atoms with Crippen molar-refractivity contribution < 1.29 is 14.4 Å². The first-order valence-electron chi connectivity index (χ1n) is 10.3. The molecule has 0 radical (unpaired) electrons. The Kier molecular flexibility index (Phi) is 7.39. The Hall–Kier alpha value is -2.51. The third kappa shape index (κ3) is 5.77. The number of thiophene rings is 1. The fourth-order valence-corrected chi connectivity index (χ4v) is 4.47. The van der Waals surface area contributed by atoms with Gasteiger partial charge in [0.25, 0.3) is 0 Å². The zero-order valence-electron chi connectivity index (χ0n) is 17.9. The lowest BCUT2D eigenvalue weighted by Gasteiger charge is -2.34. The molecule has 2 aromatic rings. The first-order valence-corrected chi connectivity index (χ1v) is 11.1. The number of anilines is 1. The molecule has 1 aromatic carbocycles. The topological polar surface area (TPSA) is 69.7 Å². The molecule has 1 saturated heterocycles. The van der Waals surface area contributed by atoms with Crippen LogP contribution in [0.3, 0.4) is 0 Å². The first-order chi connectivity index (χ1) is 14.3. The molecule has 3 rings (SSSR count). The highest BCUT2D eigenvalue weighted by molar-refractivity contribution is 7.14. The Morgan fingerprint density at radius 1 is 0.933 bits per heavy atom. The van der Waals surface area contributed by atoms with E-state index in [-0.39, 0.29) is 30.4 Å². The number of para-hydroxylation sites is 1. The fourth-order valence-electron chi connectivity index (χ4n) is 3.64. The van der Waals surface area contributed by atoms with Gasteiger partial charge in [-0.1, -0.05) is 18.2 Å². The SMILES string of the molecule is Cc1ccc(C(=O)CCC(=O)N2CCN(CC(=O)Nc3c(C)cccc3C)CC2)s1. The number of nitrogens with one attached hydrogen (secondary N) is 1. The number of amides is 2. The number of hydrogen-bond acceptors (Lipinski definition) is 5. The maximum absolute atomic E-state index is 12.5. The summed E-state index contributed by atoms with van der Waals surface area (Å²) in [5, 5.41) is 3.01. The summed E-state index contributed by atoms with van der Waals surface area (Å²) in [6.07, 6.45) is 0.486. The number of nitrogens with zero attached hydrogens (tertiary/aromatic N) is 2. The Balaban J connectivity index is 1.41. The van der Waals surface area contributed by atoms with Gasteiger partial charge in [0.1, 0.15) is 0 Å². The van der Waals surface area contributed by atoms with Crippen LogP contribution in [0.15, 0.2) is 30.3 Å². The van der Waals surface area contributed by atoms with Gasteiger partial charge in [0.2, 0.25) is 11.8 Å². The molecule has 0 atom stereocenters. The van der Waals surface area contributed by atoms with Gasteiger partial charge in [-0.25, -0.2) is 0 Å². The van der Waals surface area contributed by atoms with Crippen LogP contribution in [0.5, 0.6) is 0 Å². The third-order valence-electron chi connectivity index (χ3n) is 5.42. The van der Waals surface area contributed by atoms with Crippen LogP contribution in [-0.2, 0) is 9.59 Å². The minimum Gasteiger partial charge on any atom is -0.340 e. The van der Waals surface area contributed by atoms with Gasteiger partial charge in [-0.05, 0) is 44.0 Å². The van der Waals surface area contributed by atoms with E-state index in [1.807, 2.05) is 51.1 Å². The molecule has 0 spiro atoms. The highest BCUT2D eigenvalue weighted by Crippen LogP contribution is 2.20. The molecule has 2 amide bonds. The Morgan fingerprint density at radius 3 is 2.20 bits per heavy atom. The zero-order valence-corrected chi connectivity index (χ0v) is 18.7. The van der Waals surface area contributed by atoms with Crippen molar-refractivity contribution in [3.63, 3.8) is 0 Å². The van der Waals surface area contributed by atoms with Crippen molar-refractivity contribution in [3.8, 4) is 0 Å². The summed E-state index contributed by atoms with van der Waals surface area (Å²) in [5.41, 5.74) is 2.97. The third-order valence-corrected chi connectivity index (χ3v) is 6.46. The lowest BCUT2D eigenvalue weighted by Crippen LogP contribution is -2.50. The van der Waals surface area contributed by atoms with Gasteiger partial charge >= 0.3 is 0 Å². The molecule has 0 bridgehead atoms. The van der Waals surface area contributed by atoms with Crippen molar-refractivity contribution in [3.05, 3.63) is 51.2 Å². The average molecular weight is 428 g/mol. The lowest BCUT2D eigenvalue weighted by molar-refractivity contribution is -0.133. The highest BCUT2D eigenvalue weighted by Gasteiger charge is 2.23. The molecule has 1 aliphatic rings. The molecule has 0 aliphatic carbocycles. The number of ketones is 1.